The Balaban J connectivity index is 1.53. The Hall–Kier alpha value is -2.59. The maximum Gasteiger partial charge on any atom is 0.254 e. The molecule has 0 aliphatic carbocycles. The number of benzene rings is 3. The smallest absolute Gasteiger partial charge is 0.254 e. The van der Waals surface area contributed by atoms with Crippen LogP contribution in [-0.2, 0) is 12.8 Å². The third-order valence-corrected chi connectivity index (χ3v) is 6.10. The molecule has 4 rings (SSSR count). The third-order valence-electron chi connectivity index (χ3n) is 5.30. The molecule has 0 bridgehead atoms. The molecule has 1 heterocycles. The summed E-state index contributed by atoms with van der Waals surface area (Å²) in [4.78, 5) is 16.0. The predicted octanol–water partition coefficient (Wildman–Crippen LogP) is 5.46. The molecule has 0 spiro atoms. The van der Waals surface area contributed by atoms with Crippen LogP contribution < -0.4 is 0 Å². The topological polar surface area (TPSA) is 20.3 Å². The number of amides is 1. The van der Waals surface area contributed by atoms with Gasteiger partial charge in [0.25, 0.3) is 5.91 Å². The Kier molecular flexibility index (Phi) is 5.49. The average molecular weight is 392 g/mol. The van der Waals surface area contributed by atoms with Crippen LogP contribution in [-0.4, -0.2) is 30.2 Å². The zero-order valence-electron chi connectivity index (χ0n) is 15.8. The SMILES string of the molecule is CSc1ccccc1-c1ccc2c(c1)CCN(CCc1ccccc1F)C2=O. The molecule has 0 saturated heterocycles. The Morgan fingerprint density at radius 1 is 1.00 bits per heavy atom. The van der Waals surface area contributed by atoms with Crippen molar-refractivity contribution in [1.82, 2.24) is 4.90 Å². The molecular weight excluding hydrogens is 369 g/mol. The fourth-order valence-corrected chi connectivity index (χ4v) is 4.38. The molecule has 0 radical (unpaired) electrons. The van der Waals surface area contributed by atoms with E-state index in [-0.39, 0.29) is 11.7 Å². The number of hydrogen-bond donors (Lipinski definition) is 0. The Morgan fingerprint density at radius 3 is 2.61 bits per heavy atom. The van der Waals surface area contributed by atoms with Crippen molar-refractivity contribution < 1.29 is 9.18 Å². The van der Waals surface area contributed by atoms with E-state index in [0.717, 1.165) is 23.1 Å². The summed E-state index contributed by atoms with van der Waals surface area (Å²) in [5.41, 5.74) is 4.87. The van der Waals surface area contributed by atoms with Crippen LogP contribution in [0.3, 0.4) is 0 Å². The summed E-state index contributed by atoms with van der Waals surface area (Å²) >= 11 is 1.73. The fraction of sp³-hybridized carbons (Fsp3) is 0.208. The minimum absolute atomic E-state index is 0.0438. The van der Waals surface area contributed by atoms with Crippen LogP contribution in [0.4, 0.5) is 4.39 Å². The average Bonchev–Trinajstić information content (AvgIpc) is 2.74. The molecule has 3 aromatic rings. The first kappa shape index (κ1) is 18.8. The molecule has 2 nitrogen and oxygen atoms in total. The normalized spacial score (nSPS) is 13.5. The molecule has 0 fully saturated rings. The van der Waals surface area contributed by atoms with Crippen LogP contribution in [0.5, 0.6) is 0 Å². The van der Waals surface area contributed by atoms with Gasteiger partial charge in [-0.05, 0) is 59.6 Å². The van der Waals surface area contributed by atoms with Crippen molar-refractivity contribution >= 4 is 17.7 Å². The van der Waals surface area contributed by atoms with Gasteiger partial charge in [0.15, 0.2) is 0 Å². The number of halogens is 1. The number of thioether (sulfide) groups is 1. The van der Waals surface area contributed by atoms with Crippen molar-refractivity contribution in [2.75, 3.05) is 19.3 Å². The molecule has 142 valence electrons. The van der Waals surface area contributed by atoms with Crippen LogP contribution in [0, 0.1) is 5.82 Å². The predicted molar refractivity (Wildman–Crippen MR) is 113 cm³/mol. The van der Waals surface area contributed by atoms with Crippen molar-refractivity contribution in [2.24, 2.45) is 0 Å². The minimum Gasteiger partial charge on any atom is -0.338 e. The van der Waals surface area contributed by atoms with Gasteiger partial charge in [-0.3, -0.25) is 4.79 Å². The van der Waals surface area contributed by atoms with Gasteiger partial charge in [0, 0.05) is 23.5 Å². The van der Waals surface area contributed by atoms with Crippen molar-refractivity contribution in [3.8, 4) is 11.1 Å². The molecule has 4 heteroatoms. The second kappa shape index (κ2) is 8.19. The lowest BCUT2D eigenvalue weighted by atomic mass is 9.94. The molecule has 0 N–H and O–H groups in total. The number of hydrogen-bond acceptors (Lipinski definition) is 2. The van der Waals surface area contributed by atoms with E-state index in [1.165, 1.54) is 16.5 Å². The van der Waals surface area contributed by atoms with Crippen molar-refractivity contribution in [3.05, 3.63) is 89.2 Å². The third kappa shape index (κ3) is 3.69. The highest BCUT2D eigenvalue weighted by Gasteiger charge is 2.24. The first-order valence-electron chi connectivity index (χ1n) is 9.46. The number of carbonyl (C=O) groups excluding carboxylic acids is 1. The second-order valence-electron chi connectivity index (χ2n) is 6.96. The first-order valence-corrected chi connectivity index (χ1v) is 10.7. The van der Waals surface area contributed by atoms with Crippen LogP contribution in [0.15, 0.2) is 71.6 Å². The largest absolute Gasteiger partial charge is 0.338 e. The van der Waals surface area contributed by atoms with Crippen LogP contribution in [0.25, 0.3) is 11.1 Å². The van der Waals surface area contributed by atoms with E-state index in [4.69, 9.17) is 0 Å². The van der Waals surface area contributed by atoms with Crippen molar-refractivity contribution in [3.63, 3.8) is 0 Å². The highest BCUT2D eigenvalue weighted by Crippen LogP contribution is 2.32. The highest BCUT2D eigenvalue weighted by atomic mass is 32.2. The van der Waals surface area contributed by atoms with Gasteiger partial charge >= 0.3 is 0 Å². The summed E-state index contributed by atoms with van der Waals surface area (Å²) in [6.07, 6.45) is 3.44. The van der Waals surface area contributed by atoms with Gasteiger partial charge in [-0.15, -0.1) is 11.8 Å². The zero-order valence-corrected chi connectivity index (χ0v) is 16.6. The van der Waals surface area contributed by atoms with E-state index >= 15 is 0 Å². The molecule has 0 saturated carbocycles. The summed E-state index contributed by atoms with van der Waals surface area (Å²) in [7, 11) is 0. The van der Waals surface area contributed by atoms with E-state index in [1.54, 1.807) is 23.9 Å². The maximum absolute atomic E-state index is 13.8. The number of fused-ring (bicyclic) bond motifs is 1. The Bertz CT molecular complexity index is 1020. The van der Waals surface area contributed by atoms with Crippen LogP contribution in [0.2, 0.25) is 0 Å². The Morgan fingerprint density at radius 2 is 1.79 bits per heavy atom. The molecule has 0 aromatic heterocycles. The second-order valence-corrected chi connectivity index (χ2v) is 7.80. The van der Waals surface area contributed by atoms with E-state index in [9.17, 15) is 9.18 Å². The van der Waals surface area contributed by atoms with Gasteiger partial charge in [0.2, 0.25) is 0 Å². The molecule has 0 unspecified atom stereocenters. The summed E-state index contributed by atoms with van der Waals surface area (Å²) in [6, 6.07) is 21.2. The quantitative estimate of drug-likeness (QED) is 0.539. The van der Waals surface area contributed by atoms with Gasteiger partial charge in [0.1, 0.15) is 5.82 Å². The summed E-state index contributed by atoms with van der Waals surface area (Å²) in [5.74, 6) is -0.160. The standard InChI is InChI=1S/C24H22FNOS/c1-28-23-9-5-3-7-20(23)18-10-11-21-19(16-18)13-15-26(24(21)27)14-12-17-6-2-4-8-22(17)25/h2-11,16H,12-15H2,1H3. The van der Waals surface area contributed by atoms with Crippen molar-refractivity contribution in [1.29, 1.82) is 0 Å². The number of nitrogens with zero attached hydrogens (tertiary/aromatic N) is 1. The van der Waals surface area contributed by atoms with Gasteiger partial charge in [-0.1, -0.05) is 48.5 Å². The van der Waals surface area contributed by atoms with E-state index in [1.807, 2.05) is 35.2 Å². The lowest BCUT2D eigenvalue weighted by molar-refractivity contribution is 0.0741. The Labute approximate surface area is 169 Å². The van der Waals surface area contributed by atoms with Crippen LogP contribution in [0.1, 0.15) is 21.5 Å². The first-order chi connectivity index (χ1) is 13.7. The lowest BCUT2D eigenvalue weighted by Crippen LogP contribution is -2.39. The van der Waals surface area contributed by atoms with Crippen LogP contribution >= 0.6 is 11.8 Å². The minimum atomic E-state index is -0.204. The van der Waals surface area contributed by atoms with E-state index in [2.05, 4.69) is 24.5 Å². The maximum atomic E-state index is 13.8. The molecule has 1 aliphatic heterocycles. The summed E-state index contributed by atoms with van der Waals surface area (Å²) in [5, 5.41) is 0. The monoisotopic (exact) mass is 391 g/mol. The van der Waals surface area contributed by atoms with Gasteiger partial charge in [-0.2, -0.15) is 0 Å². The molecule has 28 heavy (non-hydrogen) atoms. The lowest BCUT2D eigenvalue weighted by Gasteiger charge is -2.29. The molecule has 0 atom stereocenters. The van der Waals surface area contributed by atoms with Gasteiger partial charge < -0.3 is 4.90 Å². The van der Waals surface area contributed by atoms with Gasteiger partial charge in [-0.25, -0.2) is 4.39 Å². The molecular formula is C24H22FNOS. The number of rotatable bonds is 5. The summed E-state index contributed by atoms with van der Waals surface area (Å²) < 4.78 is 13.8. The molecule has 1 amide bonds. The highest BCUT2D eigenvalue weighted by molar-refractivity contribution is 7.98. The zero-order chi connectivity index (χ0) is 19.5. The van der Waals surface area contributed by atoms with E-state index < -0.39 is 0 Å². The number of carbonyl (C=O) groups is 1. The fourth-order valence-electron chi connectivity index (χ4n) is 3.76. The van der Waals surface area contributed by atoms with E-state index in [0.29, 0.717) is 25.1 Å². The molecule has 3 aromatic carbocycles. The van der Waals surface area contributed by atoms with Crippen molar-refractivity contribution in [2.45, 2.75) is 17.7 Å². The summed E-state index contributed by atoms with van der Waals surface area (Å²) in [6.45, 7) is 1.21. The molecule has 1 aliphatic rings. The van der Waals surface area contributed by atoms with Gasteiger partial charge in [0.05, 0.1) is 0 Å².